The Kier molecular flexibility index (Phi) is 4.96. The van der Waals surface area contributed by atoms with E-state index in [1.807, 2.05) is 19.1 Å². The molecule has 1 aromatic carbocycles. The molecule has 0 aliphatic carbocycles. The van der Waals surface area contributed by atoms with Crippen LogP contribution in [0.4, 0.5) is 0 Å². The van der Waals surface area contributed by atoms with E-state index < -0.39 is 0 Å². The molecular weight excluding hydrogens is 396 g/mol. The molecule has 0 unspecified atom stereocenters. The number of pyridine rings is 1. The van der Waals surface area contributed by atoms with E-state index in [1.165, 1.54) is 0 Å². The maximum atomic E-state index is 12.4. The maximum absolute atomic E-state index is 12.4. The van der Waals surface area contributed by atoms with Crippen LogP contribution in [0.5, 0.6) is 11.6 Å². The van der Waals surface area contributed by atoms with Crippen molar-refractivity contribution in [1.82, 2.24) is 9.88 Å². The van der Waals surface area contributed by atoms with Crippen LogP contribution in [0.3, 0.4) is 0 Å². The number of carbonyl (C=O) groups excluding carboxylic acids is 1. The monoisotopic (exact) mass is 410 g/mol. The van der Waals surface area contributed by atoms with Crippen molar-refractivity contribution in [1.29, 1.82) is 0 Å². The van der Waals surface area contributed by atoms with Crippen molar-refractivity contribution >= 4 is 33.4 Å². The topological polar surface area (TPSA) is 51.7 Å². The number of methoxy groups -OCH3 is 1. The van der Waals surface area contributed by atoms with Crippen molar-refractivity contribution < 1.29 is 14.3 Å². The molecule has 0 saturated heterocycles. The molecule has 126 valence electrons. The Morgan fingerprint density at radius 2 is 2.25 bits per heavy atom. The fourth-order valence-corrected chi connectivity index (χ4v) is 3.50. The van der Waals surface area contributed by atoms with Crippen LogP contribution in [0.1, 0.15) is 16.7 Å². The third-order valence-electron chi connectivity index (χ3n) is 3.98. The van der Waals surface area contributed by atoms with Gasteiger partial charge < -0.3 is 14.4 Å². The summed E-state index contributed by atoms with van der Waals surface area (Å²) in [6.45, 7) is 2.83. The second-order valence-electron chi connectivity index (χ2n) is 5.52. The van der Waals surface area contributed by atoms with Gasteiger partial charge in [0.15, 0.2) is 6.61 Å². The van der Waals surface area contributed by atoms with Gasteiger partial charge in [-0.15, -0.1) is 0 Å². The van der Waals surface area contributed by atoms with Crippen LogP contribution in [-0.2, 0) is 17.9 Å². The first-order valence-corrected chi connectivity index (χ1v) is 8.53. The van der Waals surface area contributed by atoms with Gasteiger partial charge in [0.2, 0.25) is 5.88 Å². The molecule has 0 spiro atoms. The molecule has 0 radical (unpaired) electrons. The molecule has 0 fully saturated rings. The van der Waals surface area contributed by atoms with E-state index in [9.17, 15) is 4.79 Å². The van der Waals surface area contributed by atoms with Gasteiger partial charge in [0, 0.05) is 28.8 Å². The Morgan fingerprint density at radius 1 is 1.46 bits per heavy atom. The number of hydrogen-bond acceptors (Lipinski definition) is 4. The summed E-state index contributed by atoms with van der Waals surface area (Å²) < 4.78 is 11.7. The van der Waals surface area contributed by atoms with Crippen molar-refractivity contribution in [2.24, 2.45) is 0 Å². The summed E-state index contributed by atoms with van der Waals surface area (Å²) in [7, 11) is 1.57. The predicted molar refractivity (Wildman–Crippen MR) is 94.4 cm³/mol. The zero-order chi connectivity index (χ0) is 17.3. The number of aromatic nitrogens is 1. The lowest BCUT2D eigenvalue weighted by Crippen LogP contribution is -2.32. The summed E-state index contributed by atoms with van der Waals surface area (Å²) in [5, 5.41) is 0.503. The number of benzene rings is 1. The van der Waals surface area contributed by atoms with Crippen molar-refractivity contribution in [2.45, 2.75) is 20.0 Å². The van der Waals surface area contributed by atoms with E-state index in [0.29, 0.717) is 29.7 Å². The highest BCUT2D eigenvalue weighted by atomic mass is 79.9. The van der Waals surface area contributed by atoms with E-state index in [-0.39, 0.29) is 12.5 Å². The number of rotatable bonds is 3. The van der Waals surface area contributed by atoms with Gasteiger partial charge in [-0.25, -0.2) is 4.98 Å². The van der Waals surface area contributed by atoms with Gasteiger partial charge in [-0.3, -0.25) is 4.79 Å². The summed E-state index contributed by atoms with van der Waals surface area (Å²) in [5.74, 6) is 1.02. The summed E-state index contributed by atoms with van der Waals surface area (Å²) in [6.07, 6.45) is 1.67. The van der Waals surface area contributed by atoms with Crippen molar-refractivity contribution in [3.05, 3.63) is 50.6 Å². The Morgan fingerprint density at radius 3 is 3.00 bits per heavy atom. The second kappa shape index (κ2) is 6.99. The van der Waals surface area contributed by atoms with Crippen LogP contribution < -0.4 is 9.47 Å². The van der Waals surface area contributed by atoms with Gasteiger partial charge in [0.1, 0.15) is 5.75 Å². The Hall–Kier alpha value is -1.79. The first-order chi connectivity index (χ1) is 11.5. The van der Waals surface area contributed by atoms with Crippen LogP contribution >= 0.6 is 27.5 Å². The minimum Gasteiger partial charge on any atom is -0.482 e. The van der Waals surface area contributed by atoms with Crippen molar-refractivity contribution in [2.75, 3.05) is 13.7 Å². The van der Waals surface area contributed by atoms with E-state index in [2.05, 4.69) is 20.9 Å². The third-order valence-corrected chi connectivity index (χ3v) is 5.08. The van der Waals surface area contributed by atoms with Gasteiger partial charge in [0.25, 0.3) is 5.91 Å². The van der Waals surface area contributed by atoms with Crippen molar-refractivity contribution in [3.8, 4) is 11.6 Å². The number of carbonyl (C=O) groups is 1. The minimum absolute atomic E-state index is 0.0317. The number of hydrogen-bond donors (Lipinski definition) is 0. The average molecular weight is 412 g/mol. The standard InChI is InChI=1S/C17H16BrClN2O3/c1-10-12-8-21(7-11-3-4-20-15(5-11)23-2)16(22)9-24-17(12)14(19)6-13(10)18/h3-6H,7-9H2,1-2H3. The van der Waals surface area contributed by atoms with E-state index >= 15 is 0 Å². The van der Waals surface area contributed by atoms with Crippen molar-refractivity contribution in [3.63, 3.8) is 0 Å². The first-order valence-electron chi connectivity index (χ1n) is 7.36. The highest BCUT2D eigenvalue weighted by molar-refractivity contribution is 9.10. The summed E-state index contributed by atoms with van der Waals surface area (Å²) >= 11 is 9.78. The zero-order valence-electron chi connectivity index (χ0n) is 13.3. The van der Waals surface area contributed by atoms with Crippen LogP contribution in [0.2, 0.25) is 5.02 Å². The maximum Gasteiger partial charge on any atom is 0.261 e. The summed E-state index contributed by atoms with van der Waals surface area (Å²) in [4.78, 5) is 18.3. The van der Waals surface area contributed by atoms with Gasteiger partial charge >= 0.3 is 0 Å². The molecule has 7 heteroatoms. The molecule has 1 aliphatic heterocycles. The molecule has 2 heterocycles. The highest BCUT2D eigenvalue weighted by Gasteiger charge is 2.25. The molecule has 24 heavy (non-hydrogen) atoms. The fourth-order valence-electron chi connectivity index (χ4n) is 2.62. The Balaban J connectivity index is 1.93. The second-order valence-corrected chi connectivity index (χ2v) is 6.78. The minimum atomic E-state index is -0.0893. The molecule has 1 aromatic heterocycles. The summed E-state index contributed by atoms with van der Waals surface area (Å²) in [6, 6.07) is 5.48. The largest absolute Gasteiger partial charge is 0.482 e. The number of halogens is 2. The highest BCUT2D eigenvalue weighted by Crippen LogP contribution is 2.38. The van der Waals surface area contributed by atoms with Crippen LogP contribution in [0.15, 0.2) is 28.9 Å². The number of nitrogens with zero attached hydrogens (tertiary/aromatic N) is 2. The van der Waals surface area contributed by atoms with Gasteiger partial charge in [-0.2, -0.15) is 0 Å². The molecule has 0 atom stereocenters. The van der Waals surface area contributed by atoms with Gasteiger partial charge in [0.05, 0.1) is 18.7 Å². The Labute approximate surface area is 153 Å². The third kappa shape index (κ3) is 3.35. The zero-order valence-corrected chi connectivity index (χ0v) is 15.6. The molecule has 0 N–H and O–H groups in total. The molecule has 1 aliphatic rings. The lowest BCUT2D eigenvalue weighted by molar-refractivity contribution is -0.133. The molecule has 0 bridgehead atoms. The summed E-state index contributed by atoms with van der Waals surface area (Å²) in [5.41, 5.74) is 2.88. The molecule has 5 nitrogen and oxygen atoms in total. The molecule has 3 rings (SSSR count). The van der Waals surface area contributed by atoms with E-state index in [0.717, 1.165) is 21.2 Å². The van der Waals surface area contributed by atoms with Gasteiger partial charge in [-0.1, -0.05) is 27.5 Å². The number of ether oxygens (including phenoxy) is 2. The first kappa shape index (κ1) is 17.0. The van der Waals surface area contributed by atoms with Gasteiger partial charge in [-0.05, 0) is 30.2 Å². The quantitative estimate of drug-likeness (QED) is 0.772. The SMILES string of the molecule is COc1cc(CN2Cc3c(C)c(Br)cc(Cl)c3OCC2=O)ccn1. The lowest BCUT2D eigenvalue weighted by atomic mass is 10.1. The lowest BCUT2D eigenvalue weighted by Gasteiger charge is -2.21. The van der Waals surface area contributed by atoms with Crippen LogP contribution in [-0.4, -0.2) is 29.5 Å². The molecule has 1 amide bonds. The Bertz CT molecular complexity index is 798. The normalized spacial score (nSPS) is 14.0. The molecular formula is C17H16BrClN2O3. The molecule has 2 aromatic rings. The predicted octanol–water partition coefficient (Wildman–Crippen LogP) is 3.74. The van der Waals surface area contributed by atoms with Crippen LogP contribution in [0, 0.1) is 6.92 Å². The van der Waals surface area contributed by atoms with E-state index in [4.69, 9.17) is 21.1 Å². The number of amides is 1. The van der Waals surface area contributed by atoms with E-state index in [1.54, 1.807) is 24.3 Å². The smallest absolute Gasteiger partial charge is 0.261 e. The number of fused-ring (bicyclic) bond motifs is 1. The average Bonchev–Trinajstić information content (AvgIpc) is 2.73. The molecule has 0 saturated carbocycles. The fraction of sp³-hybridized carbons (Fsp3) is 0.294. The van der Waals surface area contributed by atoms with Crippen LogP contribution in [0.25, 0.3) is 0 Å².